The third kappa shape index (κ3) is 9.28. The monoisotopic (exact) mass is 660 g/mol. The first kappa shape index (κ1) is 35.1. The first-order chi connectivity index (χ1) is 24.2. The number of ether oxygens (including phenoxy) is 2. The minimum atomic E-state index is -0.354. The van der Waals surface area contributed by atoms with Gasteiger partial charge in [-0.15, -0.1) is 0 Å². The van der Waals surface area contributed by atoms with Crippen molar-refractivity contribution in [3.05, 3.63) is 124 Å². The quantitative estimate of drug-likeness (QED) is 0.0537. The molecule has 0 bridgehead atoms. The van der Waals surface area contributed by atoms with Gasteiger partial charge in [-0.3, -0.25) is 0 Å². The molecule has 2 aliphatic rings. The van der Waals surface area contributed by atoms with Gasteiger partial charge in [-0.1, -0.05) is 139 Å². The standard InChI is InChI=1S/C45H56O4/c1-3-5-7-9-11-13-15-35-17-21-37(22-18-35)29-39-25-27-43-41(30-39)45(33-46-43)34-47-44-28-26-40(31-42(44)45)49-48-32-38-23-19-36(20-24-38)16-14-12-10-8-6-4-2/h17-28,30-31H,3-16,29,32-34H2,1-2H3. The highest BCUT2D eigenvalue weighted by Gasteiger charge is 2.49. The van der Waals surface area contributed by atoms with E-state index in [4.69, 9.17) is 19.2 Å². The third-order valence-electron chi connectivity index (χ3n) is 10.4. The summed E-state index contributed by atoms with van der Waals surface area (Å²) in [7, 11) is 0. The Labute approximate surface area is 295 Å². The van der Waals surface area contributed by atoms with Gasteiger partial charge in [0.25, 0.3) is 0 Å². The second-order valence-electron chi connectivity index (χ2n) is 14.3. The van der Waals surface area contributed by atoms with E-state index in [1.807, 2.05) is 12.1 Å². The molecule has 0 aromatic heterocycles. The Morgan fingerprint density at radius 2 is 1.00 bits per heavy atom. The molecule has 4 heteroatoms. The fraction of sp³-hybridized carbons (Fsp3) is 0.467. The molecule has 0 amide bonds. The number of rotatable bonds is 20. The van der Waals surface area contributed by atoms with Crippen LogP contribution in [0.1, 0.15) is 130 Å². The molecule has 0 saturated heterocycles. The van der Waals surface area contributed by atoms with Crippen LogP contribution in [0, 0.1) is 0 Å². The van der Waals surface area contributed by atoms with Crippen LogP contribution in [0.15, 0.2) is 84.9 Å². The first-order valence-corrected chi connectivity index (χ1v) is 19.2. The predicted octanol–water partition coefficient (Wildman–Crippen LogP) is 11.7. The lowest BCUT2D eigenvalue weighted by atomic mass is 9.77. The number of hydrogen-bond acceptors (Lipinski definition) is 4. The largest absolute Gasteiger partial charge is 0.492 e. The van der Waals surface area contributed by atoms with Gasteiger partial charge in [0.2, 0.25) is 0 Å². The van der Waals surface area contributed by atoms with Crippen LogP contribution in [0.2, 0.25) is 0 Å². The molecule has 0 radical (unpaired) electrons. The molecule has 4 aromatic carbocycles. The minimum absolute atomic E-state index is 0.354. The van der Waals surface area contributed by atoms with Crippen molar-refractivity contribution in [2.75, 3.05) is 13.2 Å². The molecule has 2 aliphatic heterocycles. The molecule has 1 atom stereocenters. The van der Waals surface area contributed by atoms with Crippen molar-refractivity contribution in [1.29, 1.82) is 0 Å². The number of unbranched alkanes of at least 4 members (excludes halogenated alkanes) is 10. The molecule has 49 heavy (non-hydrogen) atoms. The average Bonchev–Trinajstić information content (AvgIpc) is 3.69. The molecule has 4 aromatic rings. The minimum Gasteiger partial charge on any atom is -0.492 e. The summed E-state index contributed by atoms with van der Waals surface area (Å²) in [6.45, 7) is 6.05. The molecule has 1 spiro atoms. The van der Waals surface area contributed by atoms with Gasteiger partial charge in [0.05, 0.1) is 5.41 Å². The van der Waals surface area contributed by atoms with Crippen LogP contribution in [0.5, 0.6) is 17.2 Å². The lowest BCUT2D eigenvalue weighted by Crippen LogP contribution is -2.31. The van der Waals surface area contributed by atoms with Crippen molar-refractivity contribution >= 4 is 0 Å². The summed E-state index contributed by atoms with van der Waals surface area (Å²) in [6, 6.07) is 30.6. The van der Waals surface area contributed by atoms with Crippen LogP contribution in [-0.2, 0) is 36.2 Å². The lowest BCUT2D eigenvalue weighted by Gasteiger charge is -2.21. The van der Waals surface area contributed by atoms with E-state index in [1.54, 1.807) is 0 Å². The van der Waals surface area contributed by atoms with Crippen LogP contribution in [0.3, 0.4) is 0 Å². The normalized spacial score (nSPS) is 16.0. The van der Waals surface area contributed by atoms with Gasteiger partial charge in [0.1, 0.15) is 31.3 Å². The van der Waals surface area contributed by atoms with Gasteiger partial charge in [-0.25, -0.2) is 0 Å². The van der Waals surface area contributed by atoms with Crippen molar-refractivity contribution in [2.45, 2.75) is 122 Å². The Hall–Kier alpha value is -3.76. The summed E-state index contributed by atoms with van der Waals surface area (Å²) in [4.78, 5) is 11.6. The van der Waals surface area contributed by atoms with E-state index in [2.05, 4.69) is 86.6 Å². The number of benzene rings is 4. The summed E-state index contributed by atoms with van der Waals surface area (Å²) < 4.78 is 12.5. The van der Waals surface area contributed by atoms with E-state index in [1.165, 1.54) is 111 Å². The van der Waals surface area contributed by atoms with Crippen LogP contribution in [0.4, 0.5) is 0 Å². The van der Waals surface area contributed by atoms with Crippen molar-refractivity contribution in [1.82, 2.24) is 0 Å². The zero-order valence-electron chi connectivity index (χ0n) is 29.9. The second kappa shape index (κ2) is 17.8. The van der Waals surface area contributed by atoms with E-state index >= 15 is 0 Å². The predicted molar refractivity (Wildman–Crippen MR) is 200 cm³/mol. The SMILES string of the molecule is CCCCCCCCc1ccc(COOc2ccc3c(c2)C2(COc4ccc(Cc5ccc(CCCCCCCC)cc5)cc42)CO3)cc1. The molecule has 0 saturated carbocycles. The highest BCUT2D eigenvalue weighted by atomic mass is 17.2. The molecule has 2 heterocycles. The van der Waals surface area contributed by atoms with Gasteiger partial charge in [0.15, 0.2) is 5.75 Å². The molecule has 0 aliphatic carbocycles. The summed E-state index contributed by atoms with van der Waals surface area (Å²) in [5, 5.41) is 0. The molecule has 6 rings (SSSR count). The molecule has 1 unspecified atom stereocenters. The maximum Gasteiger partial charge on any atom is 0.165 e. The lowest BCUT2D eigenvalue weighted by molar-refractivity contribution is -0.217. The maximum atomic E-state index is 6.27. The highest BCUT2D eigenvalue weighted by molar-refractivity contribution is 5.60. The van der Waals surface area contributed by atoms with Crippen molar-refractivity contribution in [3.63, 3.8) is 0 Å². The maximum absolute atomic E-state index is 6.27. The molecular formula is C45H56O4. The summed E-state index contributed by atoms with van der Waals surface area (Å²) in [5.41, 5.74) is 8.50. The van der Waals surface area contributed by atoms with E-state index in [0.29, 0.717) is 25.6 Å². The fourth-order valence-corrected chi connectivity index (χ4v) is 7.39. The molecule has 0 N–H and O–H groups in total. The third-order valence-corrected chi connectivity index (χ3v) is 10.4. The summed E-state index contributed by atoms with van der Waals surface area (Å²) in [5.74, 6) is 2.50. The molecule has 0 fully saturated rings. The van der Waals surface area contributed by atoms with Gasteiger partial charge in [-0.05, 0) is 84.2 Å². The van der Waals surface area contributed by atoms with Crippen LogP contribution < -0.4 is 14.4 Å². The highest BCUT2D eigenvalue weighted by Crippen LogP contribution is 2.51. The molecular weight excluding hydrogens is 604 g/mol. The van der Waals surface area contributed by atoms with Crippen LogP contribution in [-0.4, -0.2) is 13.2 Å². The Kier molecular flexibility index (Phi) is 12.7. The Morgan fingerprint density at radius 3 is 1.61 bits per heavy atom. The zero-order valence-corrected chi connectivity index (χ0v) is 29.9. The zero-order chi connectivity index (χ0) is 33.7. The van der Waals surface area contributed by atoms with E-state index in [-0.39, 0.29) is 5.41 Å². The smallest absolute Gasteiger partial charge is 0.165 e. The van der Waals surface area contributed by atoms with Gasteiger partial charge < -0.3 is 14.4 Å². The van der Waals surface area contributed by atoms with Crippen LogP contribution >= 0.6 is 0 Å². The molecule has 260 valence electrons. The summed E-state index contributed by atoms with van der Waals surface area (Å²) >= 11 is 0. The summed E-state index contributed by atoms with van der Waals surface area (Å²) in [6.07, 6.45) is 19.2. The Morgan fingerprint density at radius 1 is 0.510 bits per heavy atom. The Balaban J connectivity index is 1.03. The van der Waals surface area contributed by atoms with Gasteiger partial charge >= 0.3 is 0 Å². The van der Waals surface area contributed by atoms with Gasteiger partial charge in [-0.2, -0.15) is 4.89 Å². The number of hydrogen-bond donors (Lipinski definition) is 0. The average molecular weight is 661 g/mol. The number of fused-ring (bicyclic) bond motifs is 4. The fourth-order valence-electron chi connectivity index (χ4n) is 7.39. The van der Waals surface area contributed by atoms with Crippen molar-refractivity contribution in [2.24, 2.45) is 0 Å². The van der Waals surface area contributed by atoms with E-state index < -0.39 is 0 Å². The van der Waals surface area contributed by atoms with Crippen molar-refractivity contribution in [3.8, 4) is 17.2 Å². The van der Waals surface area contributed by atoms with Gasteiger partial charge in [0, 0.05) is 11.1 Å². The molecule has 4 nitrogen and oxygen atoms in total. The van der Waals surface area contributed by atoms with Crippen LogP contribution in [0.25, 0.3) is 0 Å². The first-order valence-electron chi connectivity index (χ1n) is 19.2. The van der Waals surface area contributed by atoms with Crippen molar-refractivity contribution < 1.29 is 19.2 Å². The topological polar surface area (TPSA) is 36.9 Å². The second-order valence-corrected chi connectivity index (χ2v) is 14.3. The van der Waals surface area contributed by atoms with E-state index in [0.717, 1.165) is 35.5 Å². The number of aryl methyl sites for hydroxylation is 2. The Bertz CT molecular complexity index is 1590. The van der Waals surface area contributed by atoms with E-state index in [9.17, 15) is 0 Å².